The largest absolute Gasteiger partial charge is 0.356 e. The van der Waals surface area contributed by atoms with Gasteiger partial charge >= 0.3 is 0 Å². The van der Waals surface area contributed by atoms with Gasteiger partial charge in [0.05, 0.1) is 13.2 Å². The zero-order valence-electron chi connectivity index (χ0n) is 15.7. The van der Waals surface area contributed by atoms with Crippen LogP contribution in [0.2, 0.25) is 0 Å². The minimum Gasteiger partial charge on any atom is -0.356 e. The Kier molecular flexibility index (Phi) is 4.54. The lowest BCUT2D eigenvalue weighted by Crippen LogP contribution is -2.45. The third-order valence-corrected chi connectivity index (χ3v) is 5.13. The number of hydrogen-bond acceptors (Lipinski definition) is 6. The molecule has 4 rings (SSSR count). The molecule has 0 bridgehead atoms. The van der Waals surface area contributed by atoms with E-state index in [1.54, 1.807) is 0 Å². The van der Waals surface area contributed by atoms with Crippen molar-refractivity contribution in [3.8, 4) is 0 Å². The summed E-state index contributed by atoms with van der Waals surface area (Å²) in [7, 11) is 0. The van der Waals surface area contributed by atoms with Gasteiger partial charge in [0.15, 0.2) is 5.79 Å². The Morgan fingerprint density at radius 1 is 1.00 bits per heavy atom. The Hall–Kier alpha value is -2.18. The number of aryl methyl sites for hydroxylation is 3. The molecule has 6 heteroatoms. The average molecular weight is 354 g/mol. The molecule has 1 aromatic heterocycles. The molecule has 26 heavy (non-hydrogen) atoms. The molecule has 0 amide bonds. The van der Waals surface area contributed by atoms with Gasteiger partial charge in [-0.15, -0.1) is 0 Å². The van der Waals surface area contributed by atoms with Gasteiger partial charge in [0.2, 0.25) is 5.95 Å². The summed E-state index contributed by atoms with van der Waals surface area (Å²) in [5.41, 5.74) is 4.43. The van der Waals surface area contributed by atoms with E-state index in [1.807, 2.05) is 13.0 Å². The standard InChI is InChI=1S/C20H26N4O2/c1-14-4-5-17(15(2)12-14)22-19-21-16(3)13-18(23-19)24-8-6-20(7-9-24)25-10-11-26-20/h4-5,12-13H,6-11H2,1-3H3,(H,21,22,23). The molecule has 0 radical (unpaired) electrons. The molecule has 2 fully saturated rings. The van der Waals surface area contributed by atoms with Crippen LogP contribution in [0.5, 0.6) is 0 Å². The Morgan fingerprint density at radius 2 is 1.73 bits per heavy atom. The minimum absolute atomic E-state index is 0.362. The van der Waals surface area contributed by atoms with Crippen molar-refractivity contribution < 1.29 is 9.47 Å². The third-order valence-electron chi connectivity index (χ3n) is 5.13. The fraction of sp³-hybridized carbons (Fsp3) is 0.500. The Labute approximate surface area is 154 Å². The smallest absolute Gasteiger partial charge is 0.229 e. The summed E-state index contributed by atoms with van der Waals surface area (Å²) in [5, 5.41) is 3.37. The van der Waals surface area contributed by atoms with Crippen molar-refractivity contribution in [2.24, 2.45) is 0 Å². The molecule has 0 saturated carbocycles. The van der Waals surface area contributed by atoms with Gasteiger partial charge in [-0.05, 0) is 32.4 Å². The molecule has 6 nitrogen and oxygen atoms in total. The van der Waals surface area contributed by atoms with Crippen LogP contribution in [0.15, 0.2) is 24.3 Å². The molecule has 0 aliphatic carbocycles. The van der Waals surface area contributed by atoms with Gasteiger partial charge in [-0.1, -0.05) is 17.7 Å². The molecule has 2 aromatic rings. The summed E-state index contributed by atoms with van der Waals surface area (Å²) in [6.45, 7) is 9.36. The quantitative estimate of drug-likeness (QED) is 0.910. The Bertz CT molecular complexity index is 792. The molecular formula is C20H26N4O2. The van der Waals surface area contributed by atoms with Gasteiger partial charge in [0, 0.05) is 43.4 Å². The highest BCUT2D eigenvalue weighted by atomic mass is 16.7. The Balaban J connectivity index is 1.51. The first-order valence-corrected chi connectivity index (χ1v) is 9.26. The van der Waals surface area contributed by atoms with Gasteiger partial charge in [0.1, 0.15) is 5.82 Å². The first-order valence-electron chi connectivity index (χ1n) is 9.26. The predicted octanol–water partition coefficient (Wildman–Crippen LogP) is 3.49. The molecular weight excluding hydrogens is 328 g/mol. The maximum Gasteiger partial charge on any atom is 0.229 e. The summed E-state index contributed by atoms with van der Waals surface area (Å²) >= 11 is 0. The molecule has 138 valence electrons. The van der Waals surface area contributed by atoms with E-state index < -0.39 is 0 Å². The Morgan fingerprint density at radius 3 is 2.42 bits per heavy atom. The lowest BCUT2D eigenvalue weighted by Gasteiger charge is -2.38. The van der Waals surface area contributed by atoms with Crippen LogP contribution >= 0.6 is 0 Å². The van der Waals surface area contributed by atoms with Crippen LogP contribution in [-0.2, 0) is 9.47 Å². The first-order chi connectivity index (χ1) is 12.5. The second-order valence-corrected chi connectivity index (χ2v) is 7.23. The molecule has 3 heterocycles. The number of aromatic nitrogens is 2. The van der Waals surface area contributed by atoms with Crippen LogP contribution in [-0.4, -0.2) is 42.1 Å². The topological polar surface area (TPSA) is 59.5 Å². The lowest BCUT2D eigenvalue weighted by atomic mass is 10.0. The number of rotatable bonds is 3. The second kappa shape index (κ2) is 6.85. The van der Waals surface area contributed by atoms with E-state index in [1.165, 1.54) is 11.1 Å². The fourth-order valence-electron chi connectivity index (χ4n) is 3.71. The second-order valence-electron chi connectivity index (χ2n) is 7.23. The van der Waals surface area contributed by atoms with E-state index in [2.05, 4.69) is 47.2 Å². The lowest BCUT2D eigenvalue weighted by molar-refractivity contribution is -0.169. The number of piperidine rings is 1. The summed E-state index contributed by atoms with van der Waals surface area (Å²) in [6.07, 6.45) is 1.74. The van der Waals surface area contributed by atoms with Crippen LogP contribution in [0.1, 0.15) is 29.7 Å². The first kappa shape index (κ1) is 17.2. The van der Waals surface area contributed by atoms with E-state index in [4.69, 9.17) is 14.5 Å². The molecule has 0 atom stereocenters. The van der Waals surface area contributed by atoms with Gasteiger partial charge in [-0.3, -0.25) is 0 Å². The van der Waals surface area contributed by atoms with E-state index in [-0.39, 0.29) is 5.79 Å². The molecule has 1 N–H and O–H groups in total. The van der Waals surface area contributed by atoms with Crippen molar-refractivity contribution in [3.63, 3.8) is 0 Å². The van der Waals surface area contributed by atoms with Crippen molar-refractivity contribution in [1.82, 2.24) is 9.97 Å². The SMILES string of the molecule is Cc1ccc(Nc2nc(C)cc(N3CCC4(CC3)OCCO4)n2)c(C)c1. The molecule has 0 unspecified atom stereocenters. The third kappa shape index (κ3) is 3.52. The highest BCUT2D eigenvalue weighted by Crippen LogP contribution is 2.33. The summed E-state index contributed by atoms with van der Waals surface area (Å²) < 4.78 is 11.6. The molecule has 1 aromatic carbocycles. The highest BCUT2D eigenvalue weighted by molar-refractivity contribution is 5.60. The predicted molar refractivity (Wildman–Crippen MR) is 102 cm³/mol. The van der Waals surface area contributed by atoms with Crippen LogP contribution in [0, 0.1) is 20.8 Å². The summed E-state index contributed by atoms with van der Waals surface area (Å²) in [6, 6.07) is 8.37. The number of nitrogens with zero attached hydrogens (tertiary/aromatic N) is 3. The molecule has 2 aliphatic heterocycles. The van der Waals surface area contributed by atoms with Crippen LogP contribution in [0.4, 0.5) is 17.5 Å². The molecule has 2 saturated heterocycles. The number of ether oxygens (including phenoxy) is 2. The van der Waals surface area contributed by atoms with Crippen molar-refractivity contribution in [3.05, 3.63) is 41.1 Å². The van der Waals surface area contributed by atoms with E-state index in [0.29, 0.717) is 19.2 Å². The van der Waals surface area contributed by atoms with E-state index >= 15 is 0 Å². The van der Waals surface area contributed by atoms with Crippen LogP contribution in [0.3, 0.4) is 0 Å². The average Bonchev–Trinajstić information content (AvgIpc) is 3.06. The highest BCUT2D eigenvalue weighted by Gasteiger charge is 2.40. The van der Waals surface area contributed by atoms with Gasteiger partial charge in [-0.2, -0.15) is 4.98 Å². The van der Waals surface area contributed by atoms with Crippen LogP contribution in [0.25, 0.3) is 0 Å². The van der Waals surface area contributed by atoms with Crippen molar-refractivity contribution >= 4 is 17.5 Å². The summed E-state index contributed by atoms with van der Waals surface area (Å²) in [5.74, 6) is 1.23. The zero-order chi connectivity index (χ0) is 18.1. The maximum atomic E-state index is 5.82. The van der Waals surface area contributed by atoms with Gasteiger partial charge in [-0.25, -0.2) is 4.98 Å². The molecule has 2 aliphatic rings. The number of anilines is 3. The monoisotopic (exact) mass is 354 g/mol. The zero-order valence-corrected chi connectivity index (χ0v) is 15.7. The fourth-order valence-corrected chi connectivity index (χ4v) is 3.71. The normalized spacial score (nSPS) is 19.1. The van der Waals surface area contributed by atoms with Gasteiger partial charge < -0.3 is 19.7 Å². The van der Waals surface area contributed by atoms with Crippen LogP contribution < -0.4 is 10.2 Å². The maximum absolute atomic E-state index is 5.82. The molecule has 1 spiro atoms. The van der Waals surface area contributed by atoms with E-state index in [0.717, 1.165) is 43.1 Å². The summed E-state index contributed by atoms with van der Waals surface area (Å²) in [4.78, 5) is 11.6. The van der Waals surface area contributed by atoms with Crippen molar-refractivity contribution in [2.45, 2.75) is 39.4 Å². The van der Waals surface area contributed by atoms with Crippen molar-refractivity contribution in [2.75, 3.05) is 36.5 Å². The number of benzene rings is 1. The number of nitrogens with one attached hydrogen (secondary N) is 1. The van der Waals surface area contributed by atoms with Crippen molar-refractivity contribution in [1.29, 1.82) is 0 Å². The van der Waals surface area contributed by atoms with E-state index in [9.17, 15) is 0 Å². The van der Waals surface area contributed by atoms with Gasteiger partial charge in [0.25, 0.3) is 0 Å². The minimum atomic E-state index is -0.362. The number of hydrogen-bond donors (Lipinski definition) is 1.